The van der Waals surface area contributed by atoms with Crippen molar-refractivity contribution in [1.82, 2.24) is 10.3 Å². The van der Waals surface area contributed by atoms with Gasteiger partial charge in [-0.15, -0.1) is 11.3 Å². The third-order valence-electron chi connectivity index (χ3n) is 2.96. The molecule has 0 bridgehead atoms. The van der Waals surface area contributed by atoms with Crippen LogP contribution in [0.15, 0.2) is 24.3 Å². The maximum absolute atomic E-state index is 11.9. The third-order valence-corrected chi connectivity index (χ3v) is 4.22. The number of anilines is 1. The largest absolute Gasteiger partial charge is 0.484 e. The highest BCUT2D eigenvalue weighted by molar-refractivity contribution is 7.11. The second-order valence-corrected chi connectivity index (χ2v) is 6.06. The fourth-order valence-electron chi connectivity index (χ4n) is 2.01. The SMILES string of the molecule is Cc1nc(C)c(C(C)NC(=O)COc2ccc(N)cc2)s1. The van der Waals surface area contributed by atoms with Gasteiger partial charge in [-0.3, -0.25) is 4.79 Å². The van der Waals surface area contributed by atoms with E-state index in [0.29, 0.717) is 11.4 Å². The summed E-state index contributed by atoms with van der Waals surface area (Å²) < 4.78 is 5.42. The van der Waals surface area contributed by atoms with Crippen LogP contribution in [0.5, 0.6) is 5.75 Å². The van der Waals surface area contributed by atoms with Gasteiger partial charge in [0.1, 0.15) is 5.75 Å². The van der Waals surface area contributed by atoms with Crippen molar-refractivity contribution in [3.63, 3.8) is 0 Å². The Morgan fingerprint density at radius 3 is 2.62 bits per heavy atom. The summed E-state index contributed by atoms with van der Waals surface area (Å²) in [5.74, 6) is 0.460. The summed E-state index contributed by atoms with van der Waals surface area (Å²) in [7, 11) is 0. The summed E-state index contributed by atoms with van der Waals surface area (Å²) in [6, 6.07) is 6.88. The zero-order valence-corrected chi connectivity index (χ0v) is 13.2. The van der Waals surface area contributed by atoms with Crippen molar-refractivity contribution < 1.29 is 9.53 Å². The summed E-state index contributed by atoms with van der Waals surface area (Å²) in [5.41, 5.74) is 7.22. The van der Waals surface area contributed by atoms with E-state index in [4.69, 9.17) is 10.5 Å². The predicted molar refractivity (Wildman–Crippen MR) is 84.5 cm³/mol. The Balaban J connectivity index is 1.87. The van der Waals surface area contributed by atoms with Gasteiger partial charge in [-0.1, -0.05) is 0 Å². The average Bonchev–Trinajstić information content (AvgIpc) is 2.77. The molecule has 3 N–H and O–H groups in total. The van der Waals surface area contributed by atoms with Crippen LogP contribution in [0, 0.1) is 13.8 Å². The molecule has 2 rings (SSSR count). The normalized spacial score (nSPS) is 12.0. The first kappa shape index (κ1) is 15.3. The Bertz CT molecular complexity index is 622. The molecule has 5 nitrogen and oxygen atoms in total. The van der Waals surface area contributed by atoms with E-state index in [0.717, 1.165) is 15.6 Å². The number of nitrogen functional groups attached to an aromatic ring is 1. The molecule has 21 heavy (non-hydrogen) atoms. The molecular weight excluding hydrogens is 286 g/mol. The van der Waals surface area contributed by atoms with Crippen LogP contribution in [0.25, 0.3) is 0 Å². The molecule has 1 aromatic carbocycles. The van der Waals surface area contributed by atoms with E-state index in [1.807, 2.05) is 20.8 Å². The van der Waals surface area contributed by atoms with E-state index >= 15 is 0 Å². The molecule has 0 saturated carbocycles. The van der Waals surface area contributed by atoms with Gasteiger partial charge in [0.15, 0.2) is 6.61 Å². The van der Waals surface area contributed by atoms with Crippen LogP contribution < -0.4 is 15.8 Å². The number of amides is 1. The molecule has 1 amide bonds. The fraction of sp³-hybridized carbons (Fsp3) is 0.333. The lowest BCUT2D eigenvalue weighted by Crippen LogP contribution is -2.31. The lowest BCUT2D eigenvalue weighted by atomic mass is 10.2. The number of thiazole rings is 1. The minimum atomic E-state index is -0.162. The lowest BCUT2D eigenvalue weighted by molar-refractivity contribution is -0.123. The monoisotopic (exact) mass is 305 g/mol. The van der Waals surface area contributed by atoms with Gasteiger partial charge in [0.05, 0.1) is 16.7 Å². The van der Waals surface area contributed by atoms with Crippen molar-refractivity contribution in [1.29, 1.82) is 0 Å². The number of carbonyl (C=O) groups excluding carboxylic acids is 1. The van der Waals surface area contributed by atoms with Crippen molar-refractivity contribution in [2.45, 2.75) is 26.8 Å². The second kappa shape index (κ2) is 6.58. The topological polar surface area (TPSA) is 77.2 Å². The maximum Gasteiger partial charge on any atom is 0.258 e. The molecule has 0 saturated heterocycles. The predicted octanol–water partition coefficient (Wildman–Crippen LogP) is 2.60. The number of rotatable bonds is 5. The molecule has 1 heterocycles. The Kier molecular flexibility index (Phi) is 4.80. The van der Waals surface area contributed by atoms with Crippen LogP contribution in [-0.4, -0.2) is 17.5 Å². The molecule has 2 aromatic rings. The van der Waals surface area contributed by atoms with Crippen molar-refractivity contribution in [2.75, 3.05) is 12.3 Å². The lowest BCUT2D eigenvalue weighted by Gasteiger charge is -2.13. The smallest absolute Gasteiger partial charge is 0.258 e. The number of benzene rings is 1. The Morgan fingerprint density at radius 2 is 2.05 bits per heavy atom. The molecule has 1 unspecified atom stereocenters. The third kappa shape index (κ3) is 4.19. The number of ether oxygens (including phenoxy) is 1. The fourth-order valence-corrected chi connectivity index (χ4v) is 2.94. The van der Waals surface area contributed by atoms with Gasteiger partial charge in [-0.05, 0) is 45.0 Å². The minimum absolute atomic E-state index is 0.0227. The minimum Gasteiger partial charge on any atom is -0.484 e. The molecular formula is C15H19N3O2S. The highest BCUT2D eigenvalue weighted by atomic mass is 32.1. The first-order valence-corrected chi connectivity index (χ1v) is 7.49. The van der Waals surface area contributed by atoms with Gasteiger partial charge in [-0.25, -0.2) is 4.98 Å². The first-order valence-electron chi connectivity index (χ1n) is 6.67. The van der Waals surface area contributed by atoms with Gasteiger partial charge in [0, 0.05) is 10.6 Å². The first-order chi connectivity index (χ1) is 9.95. The molecule has 1 atom stereocenters. The number of hydrogen-bond donors (Lipinski definition) is 2. The highest BCUT2D eigenvalue weighted by Crippen LogP contribution is 2.24. The van der Waals surface area contributed by atoms with Gasteiger partial charge < -0.3 is 15.8 Å². The maximum atomic E-state index is 11.9. The van der Waals surface area contributed by atoms with E-state index in [1.165, 1.54) is 0 Å². The van der Waals surface area contributed by atoms with Crippen LogP contribution in [0.3, 0.4) is 0 Å². The molecule has 6 heteroatoms. The number of aromatic nitrogens is 1. The van der Waals surface area contributed by atoms with Crippen LogP contribution >= 0.6 is 11.3 Å². The van der Waals surface area contributed by atoms with E-state index in [-0.39, 0.29) is 18.6 Å². The van der Waals surface area contributed by atoms with Gasteiger partial charge in [0.25, 0.3) is 5.91 Å². The van der Waals surface area contributed by atoms with Crippen LogP contribution in [0.2, 0.25) is 0 Å². The van der Waals surface area contributed by atoms with Crippen LogP contribution in [0.4, 0.5) is 5.69 Å². The van der Waals surface area contributed by atoms with E-state index in [1.54, 1.807) is 35.6 Å². The second-order valence-electron chi connectivity index (χ2n) is 4.83. The Labute approximate surface area is 128 Å². The van der Waals surface area contributed by atoms with E-state index < -0.39 is 0 Å². The number of carbonyl (C=O) groups is 1. The molecule has 0 aliphatic carbocycles. The molecule has 0 aliphatic heterocycles. The van der Waals surface area contributed by atoms with Gasteiger partial charge >= 0.3 is 0 Å². The summed E-state index contributed by atoms with van der Waals surface area (Å²) in [5, 5.41) is 3.92. The number of nitrogens with one attached hydrogen (secondary N) is 1. The number of nitrogens with zero attached hydrogens (tertiary/aromatic N) is 1. The van der Waals surface area contributed by atoms with Crippen molar-refractivity contribution in [3.05, 3.63) is 39.8 Å². The molecule has 0 aliphatic rings. The highest BCUT2D eigenvalue weighted by Gasteiger charge is 2.15. The average molecular weight is 305 g/mol. The summed E-state index contributed by atoms with van der Waals surface area (Å²) >= 11 is 1.60. The van der Waals surface area contributed by atoms with E-state index in [2.05, 4.69) is 10.3 Å². The quantitative estimate of drug-likeness (QED) is 0.832. The summed E-state index contributed by atoms with van der Waals surface area (Å²) in [4.78, 5) is 17.4. The Morgan fingerprint density at radius 1 is 1.38 bits per heavy atom. The number of hydrogen-bond acceptors (Lipinski definition) is 5. The molecule has 112 valence electrons. The molecule has 1 aromatic heterocycles. The molecule has 0 spiro atoms. The summed E-state index contributed by atoms with van der Waals surface area (Å²) in [6.07, 6.45) is 0. The summed E-state index contributed by atoms with van der Waals surface area (Å²) in [6.45, 7) is 5.83. The Hall–Kier alpha value is -2.08. The standard InChI is InChI=1S/C15H19N3O2S/c1-9-15(21-11(3)17-9)10(2)18-14(19)8-20-13-6-4-12(16)5-7-13/h4-7,10H,8,16H2,1-3H3,(H,18,19). The number of aryl methyl sites for hydroxylation is 2. The van der Waals surface area contributed by atoms with Gasteiger partial charge in [0.2, 0.25) is 0 Å². The van der Waals surface area contributed by atoms with Crippen LogP contribution in [-0.2, 0) is 4.79 Å². The van der Waals surface area contributed by atoms with E-state index in [9.17, 15) is 4.79 Å². The molecule has 0 radical (unpaired) electrons. The zero-order valence-electron chi connectivity index (χ0n) is 12.3. The van der Waals surface area contributed by atoms with Gasteiger partial charge in [-0.2, -0.15) is 0 Å². The van der Waals surface area contributed by atoms with Crippen LogP contribution in [0.1, 0.15) is 28.5 Å². The zero-order chi connectivity index (χ0) is 15.4. The van der Waals surface area contributed by atoms with Crippen molar-refractivity contribution in [2.24, 2.45) is 0 Å². The van der Waals surface area contributed by atoms with Crippen molar-refractivity contribution in [3.8, 4) is 5.75 Å². The number of nitrogens with two attached hydrogens (primary N) is 1. The van der Waals surface area contributed by atoms with Crippen molar-refractivity contribution >= 4 is 22.9 Å². The molecule has 0 fully saturated rings.